The van der Waals surface area contributed by atoms with E-state index in [0.717, 1.165) is 19.3 Å². The van der Waals surface area contributed by atoms with Crippen molar-refractivity contribution < 1.29 is 0 Å². The second-order valence-corrected chi connectivity index (χ2v) is 9.39. The summed E-state index contributed by atoms with van der Waals surface area (Å²) >= 11 is 41.2. The molecule has 0 saturated heterocycles. The van der Waals surface area contributed by atoms with Crippen LogP contribution in [0.2, 0.25) is 0 Å². The Balaban J connectivity index is 4.15. The fourth-order valence-corrected chi connectivity index (χ4v) is 3.01. The molecule has 7 heteroatoms. The molecule has 0 aromatic heterocycles. The zero-order valence-corrected chi connectivity index (χ0v) is 15.4. The Labute approximate surface area is 145 Å². The summed E-state index contributed by atoms with van der Waals surface area (Å²) in [6.07, 6.45) is 6.94. The van der Waals surface area contributed by atoms with Crippen LogP contribution in [0.25, 0.3) is 0 Å². The lowest BCUT2D eigenvalue weighted by Crippen LogP contribution is -2.46. The molecule has 0 unspecified atom stereocenters. The van der Waals surface area contributed by atoms with Crippen molar-refractivity contribution in [3.8, 4) is 0 Å². The molecule has 0 aliphatic heterocycles. The van der Waals surface area contributed by atoms with Gasteiger partial charge in [0.2, 0.25) is 3.79 Å². The van der Waals surface area contributed by atoms with E-state index in [1.54, 1.807) is 0 Å². The van der Waals surface area contributed by atoms with Crippen LogP contribution in [0.3, 0.4) is 0 Å². The van der Waals surface area contributed by atoms with Gasteiger partial charge in [0.15, 0.2) is 8.67 Å². The molecular weight excluding hydrogens is 380 g/mol. The molecule has 0 saturated carbocycles. The molecule has 18 heavy (non-hydrogen) atoms. The lowest BCUT2D eigenvalue weighted by atomic mass is 10.1. The lowest BCUT2D eigenvalue weighted by molar-refractivity contribution is 0.536. The van der Waals surface area contributed by atoms with Crippen LogP contribution in [0.1, 0.15) is 51.9 Å². The van der Waals surface area contributed by atoms with E-state index in [4.69, 9.17) is 81.2 Å². The lowest BCUT2D eigenvalue weighted by Gasteiger charge is -2.37. The molecule has 0 bridgehead atoms. The summed E-state index contributed by atoms with van der Waals surface area (Å²) in [5.41, 5.74) is 0. The van der Waals surface area contributed by atoms with Crippen LogP contribution >= 0.6 is 81.2 Å². The highest BCUT2D eigenvalue weighted by Gasteiger charge is 2.59. The van der Waals surface area contributed by atoms with E-state index in [2.05, 4.69) is 6.92 Å². The molecule has 0 heterocycles. The molecule has 0 atom stereocenters. The van der Waals surface area contributed by atoms with Gasteiger partial charge in [-0.05, 0) is 6.42 Å². The first kappa shape index (κ1) is 20.0. The molecule has 0 radical (unpaired) electrons. The topological polar surface area (TPSA) is 0 Å². The van der Waals surface area contributed by atoms with Crippen molar-refractivity contribution in [2.45, 2.75) is 64.3 Å². The van der Waals surface area contributed by atoms with E-state index in [1.165, 1.54) is 19.3 Å². The van der Waals surface area contributed by atoms with Gasteiger partial charge in [0, 0.05) is 0 Å². The molecule has 0 nitrogen and oxygen atoms in total. The number of hydrogen-bond acceptors (Lipinski definition) is 0. The highest BCUT2D eigenvalue weighted by Crippen LogP contribution is 2.57. The first-order valence-corrected chi connectivity index (χ1v) is 8.53. The maximum absolute atomic E-state index is 6.10. The van der Waals surface area contributed by atoms with Crippen LogP contribution in [0.15, 0.2) is 0 Å². The summed E-state index contributed by atoms with van der Waals surface area (Å²) in [6.45, 7) is 2.17. The van der Waals surface area contributed by atoms with E-state index in [-0.39, 0.29) is 0 Å². The molecule has 0 aromatic rings. The first-order chi connectivity index (χ1) is 8.06. The monoisotopic (exact) mass is 394 g/mol. The Bertz CT molecular complexity index is 232. The highest BCUT2D eigenvalue weighted by atomic mass is 35.6. The van der Waals surface area contributed by atoms with E-state index in [1.807, 2.05) is 0 Å². The Morgan fingerprint density at radius 1 is 0.667 bits per heavy atom. The fourth-order valence-electron chi connectivity index (χ4n) is 1.49. The summed E-state index contributed by atoms with van der Waals surface area (Å²) in [5.74, 6) is 0. The number of halogens is 7. The van der Waals surface area contributed by atoms with Gasteiger partial charge >= 0.3 is 0 Å². The largest absolute Gasteiger partial charge is 0.226 e. The maximum Gasteiger partial charge on any atom is 0.226 e. The quantitative estimate of drug-likeness (QED) is 0.295. The van der Waals surface area contributed by atoms with Gasteiger partial charge in [-0.2, -0.15) is 0 Å². The third-order valence-corrected chi connectivity index (χ3v) is 6.63. The van der Waals surface area contributed by atoms with Gasteiger partial charge in [-0.3, -0.25) is 0 Å². The Kier molecular flexibility index (Phi) is 9.42. The molecule has 110 valence electrons. The number of rotatable bonds is 8. The summed E-state index contributed by atoms with van der Waals surface area (Å²) in [6, 6.07) is 0. The fraction of sp³-hybridized carbons (Fsp3) is 1.00. The van der Waals surface area contributed by atoms with Crippen LogP contribution in [-0.2, 0) is 0 Å². The highest BCUT2D eigenvalue weighted by molar-refractivity contribution is 6.78. The van der Waals surface area contributed by atoms with Crippen molar-refractivity contribution in [3.05, 3.63) is 0 Å². The summed E-state index contributed by atoms with van der Waals surface area (Å²) in [5, 5.41) is 0. The molecule has 0 spiro atoms. The van der Waals surface area contributed by atoms with Crippen LogP contribution in [0.5, 0.6) is 0 Å². The Morgan fingerprint density at radius 3 is 1.56 bits per heavy atom. The Hall–Kier alpha value is 2.03. The molecule has 0 aliphatic rings. The van der Waals surface area contributed by atoms with Crippen molar-refractivity contribution in [1.82, 2.24) is 0 Å². The second kappa shape index (κ2) is 8.47. The zero-order chi connectivity index (χ0) is 14.4. The molecule has 0 fully saturated rings. The first-order valence-electron chi connectivity index (χ1n) is 5.88. The van der Waals surface area contributed by atoms with E-state index in [0.29, 0.717) is 6.42 Å². The third-order valence-electron chi connectivity index (χ3n) is 2.66. The average Bonchev–Trinajstić information content (AvgIpc) is 2.21. The average molecular weight is 397 g/mol. The van der Waals surface area contributed by atoms with Gasteiger partial charge in [0.25, 0.3) is 0 Å². The summed E-state index contributed by atoms with van der Waals surface area (Å²) in [4.78, 5) is 0. The maximum atomic E-state index is 6.10. The van der Waals surface area contributed by atoms with Crippen molar-refractivity contribution in [3.63, 3.8) is 0 Å². The van der Waals surface area contributed by atoms with Crippen LogP contribution < -0.4 is 0 Å². The molecule has 0 amide bonds. The van der Waals surface area contributed by atoms with E-state index >= 15 is 0 Å². The Morgan fingerprint density at radius 2 is 1.11 bits per heavy atom. The smallest absolute Gasteiger partial charge is 0.0981 e. The minimum Gasteiger partial charge on any atom is -0.0981 e. The SMILES string of the molecule is CCCCCCCCC(Cl)(Cl)C(Cl)(Cl)C(Cl)(Cl)Cl. The van der Waals surface area contributed by atoms with Crippen molar-refractivity contribution in [2.75, 3.05) is 0 Å². The van der Waals surface area contributed by atoms with Crippen molar-refractivity contribution in [2.24, 2.45) is 0 Å². The molecule has 0 aliphatic carbocycles. The molecule has 0 aromatic carbocycles. The minimum atomic E-state index is -1.94. The van der Waals surface area contributed by atoms with Gasteiger partial charge < -0.3 is 0 Å². The van der Waals surface area contributed by atoms with Gasteiger partial charge in [0.05, 0.1) is 0 Å². The van der Waals surface area contributed by atoms with E-state index < -0.39 is 12.5 Å². The van der Waals surface area contributed by atoms with Gasteiger partial charge in [0.1, 0.15) is 0 Å². The van der Waals surface area contributed by atoms with Gasteiger partial charge in [-0.1, -0.05) is 127 Å². The predicted molar refractivity (Wildman–Crippen MR) is 87.2 cm³/mol. The normalized spacial score (nSPS) is 14.0. The van der Waals surface area contributed by atoms with Gasteiger partial charge in [-0.25, -0.2) is 0 Å². The molecule has 0 rings (SSSR count). The minimum absolute atomic E-state index is 0.378. The predicted octanol–water partition coefficient (Wildman–Crippen LogP) is 7.46. The third kappa shape index (κ3) is 6.20. The number of hydrogen-bond donors (Lipinski definition) is 0. The zero-order valence-electron chi connectivity index (χ0n) is 10.1. The molecular formula is C11H17Cl7. The van der Waals surface area contributed by atoms with Crippen molar-refractivity contribution >= 4 is 81.2 Å². The van der Waals surface area contributed by atoms with Crippen LogP contribution in [-0.4, -0.2) is 12.5 Å². The number of unbranched alkanes of at least 4 members (excludes halogenated alkanes) is 5. The standard InChI is InChI=1S/C11H17Cl7/c1-2-3-4-5-6-7-8-9(12,13)10(14,15)11(16,17)18/h2-8H2,1H3. The van der Waals surface area contributed by atoms with Crippen LogP contribution in [0, 0.1) is 0 Å². The molecule has 0 N–H and O–H groups in total. The summed E-state index contributed by atoms with van der Waals surface area (Å²) in [7, 11) is 0. The number of alkyl halides is 7. The van der Waals surface area contributed by atoms with Gasteiger partial charge in [-0.15, -0.1) is 0 Å². The second-order valence-electron chi connectivity index (χ2n) is 4.29. The van der Waals surface area contributed by atoms with E-state index in [9.17, 15) is 0 Å². The summed E-state index contributed by atoms with van der Waals surface area (Å²) < 4.78 is -5.29. The van der Waals surface area contributed by atoms with Crippen LogP contribution in [0.4, 0.5) is 0 Å². The van der Waals surface area contributed by atoms with Crippen molar-refractivity contribution in [1.29, 1.82) is 0 Å².